The van der Waals surface area contributed by atoms with Crippen LogP contribution in [0.1, 0.15) is 38.5 Å². The molecule has 2 saturated carbocycles. The van der Waals surface area contributed by atoms with Crippen molar-refractivity contribution in [2.45, 2.75) is 161 Å². The van der Waals surface area contributed by atoms with Crippen molar-refractivity contribution >= 4 is 17.8 Å². The standard InChI is InChI=1S/C31H59N9O15/c32-7-13-21(45)23(47)17(36)29(52-13)54-27-9(34)5-11(19(43)25(27)49)38-15(41)3-1-2-4-16(42)40-31(51)39-12-6-10(35)28(26(50)20(12)44)55-30-18(37)24(48)22(46)14(8-33)53-30/h9-14,17-30,43-50H,1-8,32-37H2,(H,38,41)(H2,39,40,42,51)/t9?,10?,11?,12?,13-,14+,17-,18+,19?,20?,21-,22+,23+,24-,25?,26?,27?,28?,29-,30+/m1/s1. The average molecular weight is 798 g/mol. The molecule has 2 saturated heterocycles. The lowest BCUT2D eigenvalue weighted by atomic mass is 9.84. The molecule has 0 aromatic heterocycles. The van der Waals surface area contributed by atoms with Gasteiger partial charge in [0.25, 0.3) is 0 Å². The van der Waals surface area contributed by atoms with E-state index in [9.17, 15) is 55.2 Å². The molecule has 24 nitrogen and oxygen atoms in total. The highest BCUT2D eigenvalue weighted by molar-refractivity contribution is 5.94. The first-order valence-electron chi connectivity index (χ1n) is 18.3. The molecular weight excluding hydrogens is 738 g/mol. The zero-order chi connectivity index (χ0) is 40.9. The van der Waals surface area contributed by atoms with Gasteiger partial charge in [-0.2, -0.15) is 0 Å². The summed E-state index contributed by atoms with van der Waals surface area (Å²) in [6.45, 7) is -0.320. The summed E-state index contributed by atoms with van der Waals surface area (Å²) in [5.74, 6) is -1.20. The quantitative estimate of drug-likeness (QED) is 0.0769. The highest BCUT2D eigenvalue weighted by atomic mass is 16.7. The molecule has 2 heterocycles. The van der Waals surface area contributed by atoms with Gasteiger partial charge in [-0.05, 0) is 25.7 Å². The monoisotopic (exact) mass is 797 g/mol. The third kappa shape index (κ3) is 10.8. The van der Waals surface area contributed by atoms with Gasteiger partial charge in [0.15, 0.2) is 12.6 Å². The van der Waals surface area contributed by atoms with Crippen molar-refractivity contribution in [3.63, 3.8) is 0 Å². The molecule has 2 aliphatic heterocycles. The van der Waals surface area contributed by atoms with E-state index in [4.69, 9.17) is 53.3 Å². The fourth-order valence-corrected chi connectivity index (χ4v) is 7.25. The number of nitrogens with one attached hydrogen (secondary N) is 3. The maximum atomic E-state index is 12.6. The Bertz CT molecular complexity index is 1280. The summed E-state index contributed by atoms with van der Waals surface area (Å²) in [5, 5.41) is 90.6. The number of amides is 4. The number of aliphatic hydroxyl groups excluding tert-OH is 8. The number of nitrogens with two attached hydrogens (primary N) is 6. The average Bonchev–Trinajstić information content (AvgIpc) is 3.14. The Balaban J connectivity index is 1.15. The topological polar surface area (TPSA) is 442 Å². The minimum Gasteiger partial charge on any atom is -0.388 e. The summed E-state index contributed by atoms with van der Waals surface area (Å²) in [4.78, 5) is 37.6. The molecule has 23 N–H and O–H groups in total. The van der Waals surface area contributed by atoms with Crippen LogP contribution in [0.3, 0.4) is 0 Å². The molecule has 4 aliphatic rings. The number of urea groups is 1. The van der Waals surface area contributed by atoms with Crippen LogP contribution in [0.15, 0.2) is 0 Å². The van der Waals surface area contributed by atoms with E-state index in [1.165, 1.54) is 0 Å². The Labute approximate surface area is 316 Å². The highest BCUT2D eigenvalue weighted by Crippen LogP contribution is 2.29. The van der Waals surface area contributed by atoms with E-state index in [0.717, 1.165) is 0 Å². The highest BCUT2D eigenvalue weighted by Gasteiger charge is 2.50. The Morgan fingerprint density at radius 3 is 1.38 bits per heavy atom. The molecule has 318 valence electrons. The van der Waals surface area contributed by atoms with Gasteiger partial charge in [0.2, 0.25) is 11.8 Å². The van der Waals surface area contributed by atoms with Gasteiger partial charge in [0.1, 0.15) is 73.2 Å². The largest absolute Gasteiger partial charge is 0.388 e. The van der Waals surface area contributed by atoms with E-state index < -0.39 is 140 Å². The molecule has 0 spiro atoms. The normalized spacial score (nSPS) is 45.1. The van der Waals surface area contributed by atoms with Crippen LogP contribution in [0.5, 0.6) is 0 Å². The number of ether oxygens (including phenoxy) is 4. The van der Waals surface area contributed by atoms with Crippen LogP contribution >= 0.6 is 0 Å². The van der Waals surface area contributed by atoms with Crippen LogP contribution in [0.2, 0.25) is 0 Å². The van der Waals surface area contributed by atoms with E-state index in [-0.39, 0.29) is 51.6 Å². The Morgan fingerprint density at radius 1 is 0.564 bits per heavy atom. The molecule has 0 radical (unpaired) electrons. The fraction of sp³-hybridized carbons (Fsp3) is 0.903. The fourth-order valence-electron chi connectivity index (χ4n) is 7.25. The van der Waals surface area contributed by atoms with E-state index in [0.29, 0.717) is 0 Å². The number of carbonyl (C=O) groups is 3. The van der Waals surface area contributed by atoms with Crippen molar-refractivity contribution in [3.8, 4) is 0 Å². The molecular formula is C31H59N9O15. The molecule has 10 unspecified atom stereocenters. The van der Waals surface area contributed by atoms with Gasteiger partial charge < -0.3 is 105 Å². The minimum atomic E-state index is -1.65. The van der Waals surface area contributed by atoms with Gasteiger partial charge >= 0.3 is 6.03 Å². The van der Waals surface area contributed by atoms with Gasteiger partial charge in [-0.15, -0.1) is 0 Å². The van der Waals surface area contributed by atoms with E-state index in [1.807, 2.05) is 0 Å². The van der Waals surface area contributed by atoms with Gasteiger partial charge in [0, 0.05) is 38.0 Å². The van der Waals surface area contributed by atoms with Crippen LogP contribution < -0.4 is 50.4 Å². The molecule has 20 atom stereocenters. The van der Waals surface area contributed by atoms with E-state index >= 15 is 0 Å². The lowest BCUT2D eigenvalue weighted by Crippen LogP contribution is -2.68. The van der Waals surface area contributed by atoms with Crippen molar-refractivity contribution in [1.82, 2.24) is 16.0 Å². The molecule has 24 heteroatoms. The third-order valence-corrected chi connectivity index (χ3v) is 10.6. The SMILES string of the molecule is NC[C@@H]1O[C@@H](OC2C(N)CC(NC(=O)NC(=O)CCCCC(=O)NC3CC(N)C(O[C@H]4O[C@H](CN)[C@@H](O)[C@@H](O)[C@H]4N)C(O)C3O)C(O)C2O)[C@@H](N)[C@@H](O)[C@H]1O. The zero-order valence-corrected chi connectivity index (χ0v) is 30.1. The van der Waals surface area contributed by atoms with Crippen molar-refractivity contribution in [3.05, 3.63) is 0 Å². The van der Waals surface area contributed by atoms with Crippen LogP contribution in [0.25, 0.3) is 0 Å². The number of rotatable bonds is 13. The number of carbonyl (C=O) groups excluding carboxylic acids is 3. The van der Waals surface area contributed by atoms with Crippen LogP contribution in [0, 0.1) is 0 Å². The number of hydrogen-bond acceptors (Lipinski definition) is 21. The predicted octanol–water partition coefficient (Wildman–Crippen LogP) is -9.63. The van der Waals surface area contributed by atoms with Crippen molar-refractivity contribution < 1.29 is 74.2 Å². The maximum Gasteiger partial charge on any atom is 0.321 e. The smallest absolute Gasteiger partial charge is 0.321 e. The number of unbranched alkanes of at least 4 members (excludes halogenated alkanes) is 1. The maximum absolute atomic E-state index is 12.6. The van der Waals surface area contributed by atoms with Crippen molar-refractivity contribution in [2.24, 2.45) is 34.4 Å². The van der Waals surface area contributed by atoms with Gasteiger partial charge in [-0.3, -0.25) is 14.9 Å². The van der Waals surface area contributed by atoms with Gasteiger partial charge in [-0.25, -0.2) is 4.79 Å². The Hall–Kier alpha value is -2.31. The second-order valence-corrected chi connectivity index (χ2v) is 14.6. The molecule has 55 heavy (non-hydrogen) atoms. The second kappa shape index (κ2) is 19.9. The van der Waals surface area contributed by atoms with Crippen molar-refractivity contribution in [2.75, 3.05) is 13.1 Å². The molecule has 0 aromatic carbocycles. The van der Waals surface area contributed by atoms with E-state index in [1.54, 1.807) is 0 Å². The second-order valence-electron chi connectivity index (χ2n) is 14.6. The van der Waals surface area contributed by atoms with Crippen molar-refractivity contribution in [1.29, 1.82) is 0 Å². The number of hydrogen-bond donors (Lipinski definition) is 17. The van der Waals surface area contributed by atoms with Gasteiger partial charge in [-0.1, -0.05) is 0 Å². The summed E-state index contributed by atoms with van der Waals surface area (Å²) >= 11 is 0. The molecule has 0 aromatic rings. The molecule has 4 fully saturated rings. The Morgan fingerprint density at radius 2 is 0.964 bits per heavy atom. The van der Waals surface area contributed by atoms with E-state index in [2.05, 4.69) is 16.0 Å². The lowest BCUT2D eigenvalue weighted by Gasteiger charge is -2.46. The summed E-state index contributed by atoms with van der Waals surface area (Å²) in [6.07, 6.45) is -19.0. The third-order valence-electron chi connectivity index (χ3n) is 10.6. The summed E-state index contributed by atoms with van der Waals surface area (Å²) in [6, 6.07) is -7.36. The molecule has 2 aliphatic carbocycles. The van der Waals surface area contributed by atoms with Gasteiger partial charge in [0.05, 0.1) is 24.2 Å². The molecule has 0 bridgehead atoms. The summed E-state index contributed by atoms with van der Waals surface area (Å²) in [5.41, 5.74) is 35.4. The van der Waals surface area contributed by atoms with Crippen LogP contribution in [0.4, 0.5) is 4.79 Å². The summed E-state index contributed by atoms with van der Waals surface area (Å²) in [7, 11) is 0. The molecule has 4 rings (SSSR count). The first kappa shape index (κ1) is 45.4. The predicted molar refractivity (Wildman–Crippen MR) is 185 cm³/mol. The lowest BCUT2D eigenvalue weighted by molar-refractivity contribution is -0.288. The van der Waals surface area contributed by atoms with Crippen LogP contribution in [-0.4, -0.2) is 194 Å². The Kier molecular flexibility index (Phi) is 16.4. The summed E-state index contributed by atoms with van der Waals surface area (Å²) < 4.78 is 22.5. The minimum absolute atomic E-state index is 0.0155. The molecule has 4 amide bonds. The number of aliphatic hydroxyl groups is 8. The van der Waals surface area contributed by atoms with Crippen LogP contribution in [-0.2, 0) is 28.5 Å². The number of imide groups is 1. The zero-order valence-electron chi connectivity index (χ0n) is 30.1. The first-order valence-corrected chi connectivity index (χ1v) is 18.3. The first-order chi connectivity index (χ1) is 25.9.